The number of halogens is 1. The highest BCUT2D eigenvalue weighted by molar-refractivity contribution is 6.30. The third-order valence-electron chi connectivity index (χ3n) is 2.74. The van der Waals surface area contributed by atoms with Gasteiger partial charge in [-0.25, -0.2) is 4.79 Å². The van der Waals surface area contributed by atoms with Crippen molar-refractivity contribution in [3.05, 3.63) is 64.7 Å². The van der Waals surface area contributed by atoms with Crippen molar-refractivity contribution in [3.63, 3.8) is 0 Å². The molecule has 0 unspecified atom stereocenters. The lowest BCUT2D eigenvalue weighted by atomic mass is 10.1. The molecule has 6 heteroatoms. The number of aldehydes is 1. The summed E-state index contributed by atoms with van der Waals surface area (Å²) in [5, 5.41) is 3.13. The monoisotopic (exact) mass is 317 g/mol. The second kappa shape index (κ2) is 7.38. The molecule has 0 aliphatic heterocycles. The Morgan fingerprint density at radius 3 is 2.27 bits per heavy atom. The maximum atomic E-state index is 11.7. The van der Waals surface area contributed by atoms with E-state index in [1.54, 1.807) is 24.3 Å². The first-order chi connectivity index (χ1) is 10.6. The Kier molecular flexibility index (Phi) is 5.27. The molecule has 0 aromatic heterocycles. The number of anilines is 1. The van der Waals surface area contributed by atoms with Gasteiger partial charge in [-0.15, -0.1) is 0 Å². The topological polar surface area (TPSA) is 72.5 Å². The summed E-state index contributed by atoms with van der Waals surface area (Å²) in [5.41, 5.74) is 1.28. The zero-order valence-corrected chi connectivity index (χ0v) is 12.2. The lowest BCUT2D eigenvalue weighted by Crippen LogP contribution is -2.20. The Balaban J connectivity index is 1.85. The fraction of sp³-hybridized carbons (Fsp3) is 0.0625. The first kappa shape index (κ1) is 15.7. The molecule has 0 aliphatic rings. The van der Waals surface area contributed by atoms with E-state index < -0.39 is 18.5 Å². The fourth-order valence-electron chi connectivity index (χ4n) is 1.64. The molecule has 0 atom stereocenters. The summed E-state index contributed by atoms with van der Waals surface area (Å²) in [7, 11) is 0. The summed E-state index contributed by atoms with van der Waals surface area (Å²) in [6.45, 7) is -0.406. The minimum Gasteiger partial charge on any atom is -0.452 e. The van der Waals surface area contributed by atoms with Crippen molar-refractivity contribution in [2.75, 3.05) is 11.9 Å². The predicted molar refractivity (Wildman–Crippen MR) is 82.2 cm³/mol. The van der Waals surface area contributed by atoms with E-state index in [1.165, 1.54) is 24.3 Å². The molecule has 1 amide bonds. The van der Waals surface area contributed by atoms with E-state index in [4.69, 9.17) is 16.3 Å². The molecule has 0 saturated carbocycles. The fourth-order valence-corrected chi connectivity index (χ4v) is 1.77. The smallest absolute Gasteiger partial charge is 0.338 e. The Bertz CT molecular complexity index is 680. The third-order valence-corrected chi connectivity index (χ3v) is 3.00. The third kappa shape index (κ3) is 4.43. The molecule has 0 bridgehead atoms. The molecule has 112 valence electrons. The van der Waals surface area contributed by atoms with Gasteiger partial charge in [-0.3, -0.25) is 9.59 Å². The van der Waals surface area contributed by atoms with Crippen LogP contribution in [0.25, 0.3) is 0 Å². The number of esters is 1. The standard InChI is InChI=1S/C16H12ClNO4/c17-13-5-7-14(8-6-13)18-15(20)10-22-16(21)12-3-1-11(9-19)2-4-12/h1-9H,10H2,(H,18,20). The van der Waals surface area contributed by atoms with Crippen molar-refractivity contribution in [1.82, 2.24) is 0 Å². The molecule has 1 N–H and O–H groups in total. The number of ether oxygens (including phenoxy) is 1. The van der Waals surface area contributed by atoms with E-state index in [0.29, 0.717) is 22.6 Å². The molecule has 5 nitrogen and oxygen atoms in total. The van der Waals surface area contributed by atoms with E-state index in [1.807, 2.05) is 0 Å². The number of nitrogens with one attached hydrogen (secondary N) is 1. The van der Waals surface area contributed by atoms with Crippen LogP contribution in [0.4, 0.5) is 5.69 Å². The lowest BCUT2D eigenvalue weighted by Gasteiger charge is -2.07. The number of carbonyl (C=O) groups is 3. The highest BCUT2D eigenvalue weighted by atomic mass is 35.5. The number of hydrogen-bond acceptors (Lipinski definition) is 4. The number of benzene rings is 2. The molecule has 0 heterocycles. The number of rotatable bonds is 5. The van der Waals surface area contributed by atoms with Gasteiger partial charge in [0.2, 0.25) is 0 Å². The predicted octanol–water partition coefficient (Wildman–Crippen LogP) is 2.95. The quantitative estimate of drug-likeness (QED) is 0.679. The molecule has 2 aromatic carbocycles. The zero-order valence-electron chi connectivity index (χ0n) is 11.4. The molecule has 0 radical (unpaired) electrons. The Labute approximate surface area is 131 Å². The highest BCUT2D eigenvalue weighted by Gasteiger charge is 2.10. The van der Waals surface area contributed by atoms with Crippen LogP contribution in [0.2, 0.25) is 5.02 Å². The average molecular weight is 318 g/mol. The first-order valence-corrected chi connectivity index (χ1v) is 6.74. The molecular weight excluding hydrogens is 306 g/mol. The zero-order chi connectivity index (χ0) is 15.9. The summed E-state index contributed by atoms with van der Waals surface area (Å²) >= 11 is 5.74. The summed E-state index contributed by atoms with van der Waals surface area (Å²) in [4.78, 5) is 33.9. The molecule has 0 fully saturated rings. The number of hydrogen-bond donors (Lipinski definition) is 1. The number of amides is 1. The second-order valence-corrected chi connectivity index (χ2v) is 4.81. The van der Waals surface area contributed by atoms with Crippen molar-refractivity contribution in [1.29, 1.82) is 0 Å². The molecule has 2 aromatic rings. The summed E-state index contributed by atoms with van der Waals surface area (Å²) in [6.07, 6.45) is 0.675. The average Bonchev–Trinajstić information content (AvgIpc) is 2.55. The van der Waals surface area contributed by atoms with Gasteiger partial charge >= 0.3 is 5.97 Å². The summed E-state index contributed by atoms with van der Waals surface area (Å²) in [6, 6.07) is 12.5. The second-order valence-electron chi connectivity index (χ2n) is 4.37. The molecule has 0 saturated heterocycles. The number of carbonyl (C=O) groups excluding carboxylic acids is 3. The highest BCUT2D eigenvalue weighted by Crippen LogP contribution is 2.13. The van der Waals surface area contributed by atoms with E-state index in [2.05, 4.69) is 5.32 Å². The SMILES string of the molecule is O=Cc1ccc(C(=O)OCC(=O)Nc2ccc(Cl)cc2)cc1. The van der Waals surface area contributed by atoms with E-state index in [9.17, 15) is 14.4 Å². The molecule has 2 rings (SSSR count). The molecular formula is C16H12ClNO4. The van der Waals surface area contributed by atoms with Crippen LogP contribution in [-0.2, 0) is 9.53 Å². The Morgan fingerprint density at radius 2 is 1.68 bits per heavy atom. The van der Waals surface area contributed by atoms with Crippen LogP contribution in [0.5, 0.6) is 0 Å². The van der Waals surface area contributed by atoms with Gasteiger partial charge < -0.3 is 10.1 Å². The van der Waals surface area contributed by atoms with Crippen LogP contribution in [0.3, 0.4) is 0 Å². The van der Waals surface area contributed by atoms with Crippen LogP contribution in [0.1, 0.15) is 20.7 Å². The van der Waals surface area contributed by atoms with Crippen LogP contribution in [0.15, 0.2) is 48.5 Å². The lowest BCUT2D eigenvalue weighted by molar-refractivity contribution is -0.119. The van der Waals surface area contributed by atoms with E-state index >= 15 is 0 Å². The van der Waals surface area contributed by atoms with Gasteiger partial charge in [0.15, 0.2) is 6.61 Å². The van der Waals surface area contributed by atoms with E-state index in [-0.39, 0.29) is 5.56 Å². The van der Waals surface area contributed by atoms with E-state index in [0.717, 1.165) is 0 Å². The summed E-state index contributed by atoms with van der Waals surface area (Å²) in [5.74, 6) is -1.09. The van der Waals surface area contributed by atoms with Crippen molar-refractivity contribution in [2.45, 2.75) is 0 Å². The Hall–Kier alpha value is -2.66. The molecule has 0 spiro atoms. The van der Waals surface area contributed by atoms with Crippen LogP contribution < -0.4 is 5.32 Å². The van der Waals surface area contributed by atoms with Crippen molar-refractivity contribution < 1.29 is 19.1 Å². The van der Waals surface area contributed by atoms with Gasteiger partial charge in [0.25, 0.3) is 5.91 Å². The van der Waals surface area contributed by atoms with Gasteiger partial charge in [-0.2, -0.15) is 0 Å². The first-order valence-electron chi connectivity index (χ1n) is 6.36. The van der Waals surface area contributed by atoms with Gasteiger partial charge in [-0.05, 0) is 36.4 Å². The van der Waals surface area contributed by atoms with Crippen molar-refractivity contribution in [3.8, 4) is 0 Å². The summed E-state index contributed by atoms with van der Waals surface area (Å²) < 4.78 is 4.89. The minimum absolute atomic E-state index is 0.268. The molecule has 0 aliphatic carbocycles. The Morgan fingerprint density at radius 1 is 1.05 bits per heavy atom. The largest absolute Gasteiger partial charge is 0.452 e. The van der Waals surface area contributed by atoms with Gasteiger partial charge in [0.1, 0.15) is 6.29 Å². The maximum absolute atomic E-state index is 11.7. The minimum atomic E-state index is -0.635. The van der Waals surface area contributed by atoms with Crippen LogP contribution in [0, 0.1) is 0 Å². The van der Waals surface area contributed by atoms with Crippen molar-refractivity contribution in [2.24, 2.45) is 0 Å². The van der Waals surface area contributed by atoms with Crippen LogP contribution in [-0.4, -0.2) is 24.8 Å². The maximum Gasteiger partial charge on any atom is 0.338 e. The van der Waals surface area contributed by atoms with Gasteiger partial charge in [-0.1, -0.05) is 23.7 Å². The van der Waals surface area contributed by atoms with Crippen molar-refractivity contribution >= 4 is 35.5 Å². The van der Waals surface area contributed by atoms with Crippen LogP contribution >= 0.6 is 11.6 Å². The normalized spacial score (nSPS) is 9.86. The molecule has 22 heavy (non-hydrogen) atoms. The van der Waals surface area contributed by atoms with Gasteiger partial charge in [0, 0.05) is 16.3 Å². The van der Waals surface area contributed by atoms with Gasteiger partial charge in [0.05, 0.1) is 5.56 Å².